The van der Waals surface area contributed by atoms with Gasteiger partial charge in [-0.3, -0.25) is 0 Å². The number of rotatable bonds is 12. The SMILES string of the molecule is CCCCCCCCOc1ccc(C2CCC(C#N)(C[C@H](C)CC)CC2)cc1. The summed E-state index contributed by atoms with van der Waals surface area (Å²) in [5, 5.41) is 9.78. The minimum atomic E-state index is -0.0773. The first-order chi connectivity index (χ1) is 13.6. The largest absolute Gasteiger partial charge is 0.494 e. The second-order valence-electron chi connectivity index (χ2n) is 9.07. The third-order valence-corrected chi connectivity index (χ3v) is 6.73. The number of hydrogen-bond acceptors (Lipinski definition) is 2. The van der Waals surface area contributed by atoms with Crippen LogP contribution in [0.2, 0.25) is 0 Å². The van der Waals surface area contributed by atoms with Crippen molar-refractivity contribution in [1.29, 1.82) is 5.26 Å². The summed E-state index contributed by atoms with van der Waals surface area (Å²) >= 11 is 0. The van der Waals surface area contributed by atoms with Gasteiger partial charge in [-0.25, -0.2) is 0 Å². The number of hydrogen-bond donors (Lipinski definition) is 0. The van der Waals surface area contributed by atoms with Gasteiger partial charge in [-0.2, -0.15) is 5.26 Å². The smallest absolute Gasteiger partial charge is 0.119 e. The molecule has 2 rings (SSSR count). The van der Waals surface area contributed by atoms with Gasteiger partial charge in [0.05, 0.1) is 18.1 Å². The topological polar surface area (TPSA) is 33.0 Å². The summed E-state index contributed by atoms with van der Waals surface area (Å²) in [4.78, 5) is 0. The van der Waals surface area contributed by atoms with Crippen molar-refractivity contribution in [2.45, 2.75) is 104 Å². The van der Waals surface area contributed by atoms with Crippen LogP contribution in [0.4, 0.5) is 0 Å². The van der Waals surface area contributed by atoms with Crippen LogP contribution >= 0.6 is 0 Å². The molecule has 1 aliphatic rings. The first-order valence-electron chi connectivity index (χ1n) is 11.8. The molecule has 0 N–H and O–H groups in total. The molecule has 0 unspecified atom stereocenters. The van der Waals surface area contributed by atoms with E-state index in [1.807, 2.05) is 0 Å². The van der Waals surface area contributed by atoms with Crippen LogP contribution < -0.4 is 4.74 Å². The van der Waals surface area contributed by atoms with Gasteiger partial charge in [0.1, 0.15) is 5.75 Å². The summed E-state index contributed by atoms with van der Waals surface area (Å²) in [5.74, 6) is 2.25. The first-order valence-corrected chi connectivity index (χ1v) is 11.8. The molecular weight excluding hydrogens is 342 g/mol. The Balaban J connectivity index is 1.74. The van der Waals surface area contributed by atoms with Gasteiger partial charge in [0.15, 0.2) is 0 Å². The number of unbranched alkanes of at least 4 members (excludes halogenated alkanes) is 5. The highest BCUT2D eigenvalue weighted by Gasteiger charge is 2.36. The van der Waals surface area contributed by atoms with Crippen molar-refractivity contribution in [3.63, 3.8) is 0 Å². The minimum Gasteiger partial charge on any atom is -0.494 e. The molecule has 1 aliphatic carbocycles. The summed E-state index contributed by atoms with van der Waals surface area (Å²) in [5.41, 5.74) is 1.34. The van der Waals surface area contributed by atoms with Crippen molar-refractivity contribution in [1.82, 2.24) is 0 Å². The summed E-state index contributed by atoms with van der Waals surface area (Å²) in [6.45, 7) is 7.61. The second kappa shape index (κ2) is 12.2. The molecule has 1 saturated carbocycles. The zero-order valence-electron chi connectivity index (χ0n) is 18.5. The average molecular weight is 384 g/mol. The van der Waals surface area contributed by atoms with E-state index in [1.54, 1.807) is 0 Å². The fourth-order valence-corrected chi connectivity index (χ4v) is 4.59. The van der Waals surface area contributed by atoms with Gasteiger partial charge in [-0.15, -0.1) is 0 Å². The summed E-state index contributed by atoms with van der Waals surface area (Å²) in [6, 6.07) is 11.5. The molecule has 1 fully saturated rings. The maximum atomic E-state index is 9.78. The second-order valence-corrected chi connectivity index (χ2v) is 9.07. The van der Waals surface area contributed by atoms with Gasteiger partial charge in [0.25, 0.3) is 0 Å². The summed E-state index contributed by atoms with van der Waals surface area (Å²) < 4.78 is 5.92. The molecule has 0 amide bonds. The summed E-state index contributed by atoms with van der Waals surface area (Å²) in [7, 11) is 0. The lowest BCUT2D eigenvalue weighted by molar-refractivity contribution is 0.198. The van der Waals surface area contributed by atoms with E-state index in [0.717, 1.165) is 50.9 Å². The van der Waals surface area contributed by atoms with Crippen LogP contribution in [0.5, 0.6) is 5.75 Å². The van der Waals surface area contributed by atoms with Crippen molar-refractivity contribution < 1.29 is 4.74 Å². The van der Waals surface area contributed by atoms with Gasteiger partial charge < -0.3 is 4.74 Å². The normalized spacial score (nSPS) is 23.1. The lowest BCUT2D eigenvalue weighted by atomic mass is 9.66. The predicted octanol–water partition coefficient (Wildman–Crippen LogP) is 8.03. The lowest BCUT2D eigenvalue weighted by Crippen LogP contribution is -2.27. The molecular formula is C26H41NO. The fraction of sp³-hybridized carbons (Fsp3) is 0.731. The number of nitriles is 1. The molecule has 1 aromatic carbocycles. The van der Waals surface area contributed by atoms with Crippen LogP contribution in [0.3, 0.4) is 0 Å². The van der Waals surface area contributed by atoms with Crippen LogP contribution in [-0.2, 0) is 0 Å². The van der Waals surface area contributed by atoms with Crippen LogP contribution in [-0.4, -0.2) is 6.61 Å². The van der Waals surface area contributed by atoms with Gasteiger partial charge in [-0.1, -0.05) is 71.4 Å². The Labute approximate surface area is 173 Å². The van der Waals surface area contributed by atoms with Gasteiger partial charge in [0.2, 0.25) is 0 Å². The van der Waals surface area contributed by atoms with Crippen LogP contribution in [0.1, 0.15) is 109 Å². The highest BCUT2D eigenvalue weighted by Crippen LogP contribution is 2.46. The highest BCUT2D eigenvalue weighted by molar-refractivity contribution is 5.30. The first kappa shape index (κ1) is 22.8. The Morgan fingerprint density at radius 2 is 1.68 bits per heavy atom. The molecule has 156 valence electrons. The van der Waals surface area contributed by atoms with Crippen LogP contribution in [0, 0.1) is 22.7 Å². The Kier molecular flexibility index (Phi) is 9.89. The van der Waals surface area contributed by atoms with E-state index in [4.69, 9.17) is 4.74 Å². The van der Waals surface area contributed by atoms with Crippen molar-refractivity contribution in [3.05, 3.63) is 29.8 Å². The number of ether oxygens (including phenoxy) is 1. The third-order valence-electron chi connectivity index (χ3n) is 6.73. The van der Waals surface area contributed by atoms with Gasteiger partial charge in [-0.05, 0) is 68.1 Å². The van der Waals surface area contributed by atoms with Crippen LogP contribution in [0.25, 0.3) is 0 Å². The Hall–Kier alpha value is -1.49. The molecule has 0 aliphatic heterocycles. The molecule has 0 spiro atoms. The molecule has 28 heavy (non-hydrogen) atoms. The van der Waals surface area contributed by atoms with E-state index in [0.29, 0.717) is 11.8 Å². The molecule has 2 heteroatoms. The molecule has 0 aromatic heterocycles. The molecule has 0 heterocycles. The Morgan fingerprint density at radius 3 is 2.29 bits per heavy atom. The maximum Gasteiger partial charge on any atom is 0.119 e. The van der Waals surface area contributed by atoms with E-state index in [2.05, 4.69) is 51.1 Å². The predicted molar refractivity (Wildman–Crippen MR) is 119 cm³/mol. The minimum absolute atomic E-state index is 0.0773. The molecule has 1 aromatic rings. The Morgan fingerprint density at radius 1 is 1.04 bits per heavy atom. The Bertz CT molecular complexity index is 577. The number of nitrogens with zero attached hydrogens (tertiary/aromatic N) is 1. The van der Waals surface area contributed by atoms with Crippen molar-refractivity contribution in [3.8, 4) is 11.8 Å². The van der Waals surface area contributed by atoms with Gasteiger partial charge >= 0.3 is 0 Å². The van der Waals surface area contributed by atoms with E-state index >= 15 is 0 Å². The molecule has 0 saturated heterocycles. The fourth-order valence-electron chi connectivity index (χ4n) is 4.59. The molecule has 2 nitrogen and oxygen atoms in total. The van der Waals surface area contributed by atoms with Crippen molar-refractivity contribution in [2.24, 2.45) is 11.3 Å². The van der Waals surface area contributed by atoms with Crippen LogP contribution in [0.15, 0.2) is 24.3 Å². The van der Waals surface area contributed by atoms with E-state index < -0.39 is 0 Å². The van der Waals surface area contributed by atoms with Gasteiger partial charge in [0, 0.05) is 0 Å². The molecule has 1 atom stereocenters. The molecule has 0 bridgehead atoms. The van der Waals surface area contributed by atoms with Crippen molar-refractivity contribution >= 4 is 0 Å². The summed E-state index contributed by atoms with van der Waals surface area (Å²) in [6.07, 6.45) is 14.4. The zero-order valence-corrected chi connectivity index (χ0v) is 18.5. The van der Waals surface area contributed by atoms with E-state index in [1.165, 1.54) is 44.1 Å². The van der Waals surface area contributed by atoms with E-state index in [-0.39, 0.29) is 5.41 Å². The number of benzene rings is 1. The quantitative estimate of drug-likeness (QED) is 0.342. The standard InChI is InChI=1S/C26H41NO/c1-4-6-7-8-9-10-19-28-25-13-11-23(12-14-25)24-15-17-26(21-27,18-16-24)20-22(3)5-2/h11-14,22,24H,4-10,15-20H2,1-3H3/t22-,24?,26?/m1/s1. The lowest BCUT2D eigenvalue weighted by Gasteiger charge is -2.36. The van der Waals surface area contributed by atoms with Crippen molar-refractivity contribution in [2.75, 3.05) is 6.61 Å². The maximum absolute atomic E-state index is 9.78. The molecule has 0 radical (unpaired) electrons. The average Bonchev–Trinajstić information content (AvgIpc) is 2.74. The highest BCUT2D eigenvalue weighted by atomic mass is 16.5. The monoisotopic (exact) mass is 383 g/mol. The zero-order chi connectivity index (χ0) is 20.2. The van der Waals surface area contributed by atoms with E-state index in [9.17, 15) is 5.26 Å². The third kappa shape index (κ3) is 7.16.